The van der Waals surface area contributed by atoms with Crippen LogP contribution in [0.15, 0.2) is 27.6 Å². The molecule has 1 aliphatic rings. The summed E-state index contributed by atoms with van der Waals surface area (Å²) in [6, 6.07) is 4.04. The molecular formula is C11H15BrClFN2O2S. The van der Waals surface area contributed by atoms with E-state index in [9.17, 15) is 12.8 Å². The topological polar surface area (TPSA) is 49.4 Å². The summed E-state index contributed by atoms with van der Waals surface area (Å²) >= 11 is 3.01. The molecule has 1 unspecified atom stereocenters. The second kappa shape index (κ2) is 6.49. The van der Waals surface area contributed by atoms with Crippen molar-refractivity contribution in [2.75, 3.05) is 20.1 Å². The molecule has 1 N–H and O–H groups in total. The highest BCUT2D eigenvalue weighted by molar-refractivity contribution is 9.10. The van der Waals surface area contributed by atoms with Gasteiger partial charge in [-0.1, -0.05) is 0 Å². The van der Waals surface area contributed by atoms with Gasteiger partial charge in [-0.3, -0.25) is 0 Å². The first kappa shape index (κ1) is 16.8. The Labute approximate surface area is 127 Å². The van der Waals surface area contributed by atoms with Crippen LogP contribution in [0.5, 0.6) is 0 Å². The van der Waals surface area contributed by atoms with Crippen molar-refractivity contribution in [2.45, 2.75) is 17.4 Å². The molecule has 0 spiro atoms. The van der Waals surface area contributed by atoms with Crippen molar-refractivity contribution in [2.24, 2.45) is 0 Å². The number of halogens is 3. The van der Waals surface area contributed by atoms with Gasteiger partial charge in [0.25, 0.3) is 0 Å². The third-order valence-electron chi connectivity index (χ3n) is 3.09. The van der Waals surface area contributed by atoms with Crippen LogP contribution in [0.25, 0.3) is 0 Å². The number of nitrogens with zero attached hydrogens (tertiary/aromatic N) is 1. The molecule has 1 aromatic carbocycles. The molecule has 0 bridgehead atoms. The zero-order chi connectivity index (χ0) is 13.3. The molecule has 0 aliphatic carbocycles. The van der Waals surface area contributed by atoms with Crippen LogP contribution in [-0.2, 0) is 10.0 Å². The van der Waals surface area contributed by atoms with Crippen molar-refractivity contribution in [1.29, 1.82) is 0 Å². The summed E-state index contributed by atoms with van der Waals surface area (Å²) in [6.45, 7) is 0.891. The Morgan fingerprint density at radius 3 is 2.68 bits per heavy atom. The third-order valence-corrected chi connectivity index (χ3v) is 5.59. The minimum Gasteiger partial charge on any atom is -0.316 e. The molecule has 1 aromatic rings. The SMILES string of the molecule is CNC1CCN(S(=O)(=O)c2ccc(Br)c(F)c2)C1.Cl. The maximum Gasteiger partial charge on any atom is 0.243 e. The molecule has 1 fully saturated rings. The summed E-state index contributed by atoms with van der Waals surface area (Å²) in [5, 5.41) is 3.05. The Bertz CT molecular complexity index is 556. The van der Waals surface area contributed by atoms with Crippen molar-refractivity contribution in [3.05, 3.63) is 28.5 Å². The molecular weight excluding hydrogens is 359 g/mol. The number of benzene rings is 1. The van der Waals surface area contributed by atoms with E-state index >= 15 is 0 Å². The van der Waals surface area contributed by atoms with Crippen LogP contribution < -0.4 is 5.32 Å². The lowest BCUT2D eigenvalue weighted by molar-refractivity contribution is 0.464. The number of likely N-dealkylation sites (N-methyl/N-ethyl adjacent to an activating group) is 1. The van der Waals surface area contributed by atoms with Gasteiger partial charge in [0.1, 0.15) is 5.82 Å². The van der Waals surface area contributed by atoms with Crippen LogP contribution >= 0.6 is 28.3 Å². The minimum atomic E-state index is -3.59. The van der Waals surface area contributed by atoms with Gasteiger partial charge >= 0.3 is 0 Å². The van der Waals surface area contributed by atoms with Crippen LogP contribution in [-0.4, -0.2) is 38.9 Å². The van der Waals surface area contributed by atoms with Gasteiger partial charge in [-0.15, -0.1) is 12.4 Å². The highest BCUT2D eigenvalue weighted by Gasteiger charge is 2.32. The van der Waals surface area contributed by atoms with E-state index in [1.807, 2.05) is 0 Å². The maximum atomic E-state index is 13.4. The molecule has 1 saturated heterocycles. The van der Waals surface area contributed by atoms with Gasteiger partial charge in [0.05, 0.1) is 9.37 Å². The molecule has 0 amide bonds. The standard InChI is InChI=1S/C11H14BrFN2O2S.ClH/c1-14-8-4-5-15(7-8)18(16,17)9-2-3-10(12)11(13)6-9;/h2-3,6,8,14H,4-5,7H2,1H3;1H. The summed E-state index contributed by atoms with van der Waals surface area (Å²) in [5.41, 5.74) is 0. The maximum absolute atomic E-state index is 13.4. The number of sulfonamides is 1. The second-order valence-electron chi connectivity index (χ2n) is 4.21. The molecule has 0 saturated carbocycles. The Morgan fingerprint density at radius 1 is 1.47 bits per heavy atom. The summed E-state index contributed by atoms with van der Waals surface area (Å²) in [7, 11) is -1.78. The minimum absolute atomic E-state index is 0. The normalized spacial score (nSPS) is 20.3. The van der Waals surface area contributed by atoms with Crippen molar-refractivity contribution >= 4 is 38.4 Å². The van der Waals surface area contributed by atoms with Crippen molar-refractivity contribution < 1.29 is 12.8 Å². The number of nitrogens with one attached hydrogen (secondary N) is 1. The molecule has 4 nitrogen and oxygen atoms in total. The molecule has 1 aliphatic heterocycles. The largest absolute Gasteiger partial charge is 0.316 e. The highest BCUT2D eigenvalue weighted by Crippen LogP contribution is 2.24. The molecule has 0 aromatic heterocycles. The fourth-order valence-electron chi connectivity index (χ4n) is 1.97. The van der Waals surface area contributed by atoms with Gasteiger partial charge in [-0.05, 0) is 47.6 Å². The average molecular weight is 374 g/mol. The first-order valence-corrected chi connectivity index (χ1v) is 7.81. The zero-order valence-corrected chi connectivity index (χ0v) is 13.5. The quantitative estimate of drug-likeness (QED) is 0.881. The number of hydrogen-bond acceptors (Lipinski definition) is 3. The molecule has 1 atom stereocenters. The molecule has 108 valence electrons. The Morgan fingerprint density at radius 2 is 2.16 bits per heavy atom. The first-order valence-electron chi connectivity index (χ1n) is 5.57. The van der Waals surface area contributed by atoms with Crippen LogP contribution in [0.1, 0.15) is 6.42 Å². The zero-order valence-electron chi connectivity index (χ0n) is 10.3. The second-order valence-corrected chi connectivity index (χ2v) is 7.01. The number of hydrogen-bond donors (Lipinski definition) is 1. The fraction of sp³-hybridized carbons (Fsp3) is 0.455. The molecule has 8 heteroatoms. The van der Waals surface area contributed by atoms with E-state index in [1.165, 1.54) is 16.4 Å². The van der Waals surface area contributed by atoms with Gasteiger partial charge in [-0.25, -0.2) is 12.8 Å². The van der Waals surface area contributed by atoms with E-state index in [-0.39, 0.29) is 27.8 Å². The Kier molecular flexibility index (Phi) is 5.76. The van der Waals surface area contributed by atoms with Crippen molar-refractivity contribution in [1.82, 2.24) is 9.62 Å². The first-order chi connectivity index (χ1) is 8.45. The van der Waals surface area contributed by atoms with Crippen LogP contribution in [0.4, 0.5) is 4.39 Å². The predicted octanol–water partition coefficient (Wildman–Crippen LogP) is 1.99. The van der Waals surface area contributed by atoms with Gasteiger partial charge in [-0.2, -0.15) is 4.31 Å². The predicted molar refractivity (Wildman–Crippen MR) is 77.6 cm³/mol. The molecule has 19 heavy (non-hydrogen) atoms. The van der Waals surface area contributed by atoms with E-state index in [0.29, 0.717) is 13.1 Å². The van der Waals surface area contributed by atoms with E-state index in [1.54, 1.807) is 7.05 Å². The third kappa shape index (κ3) is 3.46. The lowest BCUT2D eigenvalue weighted by Crippen LogP contribution is -2.33. The molecule has 0 radical (unpaired) electrons. The van der Waals surface area contributed by atoms with E-state index in [4.69, 9.17) is 0 Å². The van der Waals surface area contributed by atoms with E-state index < -0.39 is 15.8 Å². The Balaban J connectivity index is 0.00000180. The Hall–Kier alpha value is -0.210. The van der Waals surface area contributed by atoms with Gasteiger partial charge < -0.3 is 5.32 Å². The summed E-state index contributed by atoms with van der Waals surface area (Å²) in [4.78, 5) is -0.0000435. The van der Waals surface area contributed by atoms with Gasteiger partial charge in [0.15, 0.2) is 0 Å². The van der Waals surface area contributed by atoms with Gasteiger partial charge in [0.2, 0.25) is 10.0 Å². The lowest BCUT2D eigenvalue weighted by Gasteiger charge is -2.16. The van der Waals surface area contributed by atoms with E-state index in [0.717, 1.165) is 12.5 Å². The fourth-order valence-corrected chi connectivity index (χ4v) is 3.73. The van der Waals surface area contributed by atoms with Crippen molar-refractivity contribution in [3.63, 3.8) is 0 Å². The summed E-state index contributed by atoms with van der Waals surface area (Å²) < 4.78 is 39.6. The summed E-state index contributed by atoms with van der Waals surface area (Å²) in [6.07, 6.45) is 0.773. The monoisotopic (exact) mass is 372 g/mol. The van der Waals surface area contributed by atoms with Crippen LogP contribution in [0.2, 0.25) is 0 Å². The van der Waals surface area contributed by atoms with E-state index in [2.05, 4.69) is 21.2 Å². The summed E-state index contributed by atoms with van der Waals surface area (Å²) in [5.74, 6) is -0.569. The molecule has 1 heterocycles. The van der Waals surface area contributed by atoms with Crippen LogP contribution in [0, 0.1) is 5.82 Å². The number of rotatable bonds is 3. The van der Waals surface area contributed by atoms with Gasteiger partial charge in [0, 0.05) is 19.1 Å². The van der Waals surface area contributed by atoms with Crippen LogP contribution in [0.3, 0.4) is 0 Å². The smallest absolute Gasteiger partial charge is 0.243 e. The lowest BCUT2D eigenvalue weighted by atomic mass is 10.3. The average Bonchev–Trinajstić information content (AvgIpc) is 2.81. The molecule has 2 rings (SSSR count). The van der Waals surface area contributed by atoms with Crippen molar-refractivity contribution in [3.8, 4) is 0 Å². The highest BCUT2D eigenvalue weighted by atomic mass is 79.9.